The van der Waals surface area contributed by atoms with E-state index < -0.39 is 0 Å². The van der Waals surface area contributed by atoms with Gasteiger partial charge in [0.1, 0.15) is 6.61 Å². The van der Waals surface area contributed by atoms with Crippen molar-refractivity contribution in [3.63, 3.8) is 0 Å². The van der Waals surface area contributed by atoms with Crippen molar-refractivity contribution in [1.29, 1.82) is 0 Å². The lowest BCUT2D eigenvalue weighted by molar-refractivity contribution is -0.0156. The molecule has 0 N–H and O–H groups in total. The van der Waals surface area contributed by atoms with E-state index in [9.17, 15) is 0 Å². The molecule has 0 amide bonds. The summed E-state index contributed by atoms with van der Waals surface area (Å²) in [7, 11) is 0. The molecule has 0 heterocycles. The van der Waals surface area contributed by atoms with Crippen LogP contribution in [0.2, 0.25) is 0 Å². The molecule has 0 aliphatic rings. The van der Waals surface area contributed by atoms with Crippen LogP contribution in [-0.4, -0.2) is 79.3 Å². The Kier molecular flexibility index (Phi) is 28.7. The van der Waals surface area contributed by atoms with Crippen molar-refractivity contribution in [3.05, 3.63) is 0 Å². The number of unbranched alkanes of at least 4 members (excludes halogenated alkanes) is 9. The van der Waals surface area contributed by atoms with E-state index in [1.54, 1.807) is 0 Å². The summed E-state index contributed by atoms with van der Waals surface area (Å²) in [5.41, 5.74) is 0. The maximum atomic E-state index is 5.61. The predicted molar refractivity (Wildman–Crippen MR) is 126 cm³/mol. The van der Waals surface area contributed by atoms with E-state index in [1.807, 2.05) is 0 Å². The molecule has 0 atom stereocenters. The van der Waals surface area contributed by atoms with Crippen LogP contribution in [0.25, 0.3) is 0 Å². The minimum atomic E-state index is 0.327. The molecule has 0 saturated heterocycles. The van der Waals surface area contributed by atoms with Crippen LogP contribution in [0.5, 0.6) is 0 Å². The first-order valence-electron chi connectivity index (χ1n) is 12.3. The minimum absolute atomic E-state index is 0.327. The summed E-state index contributed by atoms with van der Waals surface area (Å²) in [5, 5.41) is 0. The molecule has 6 nitrogen and oxygen atoms in total. The Balaban J connectivity index is 2.99. The van der Waals surface area contributed by atoms with Gasteiger partial charge in [-0.1, -0.05) is 70.6 Å². The number of ether oxygens (including phenoxy) is 6. The highest BCUT2D eigenvalue weighted by Gasteiger charge is 1.95. The average Bonchev–Trinajstić information content (AvgIpc) is 2.78. The van der Waals surface area contributed by atoms with Gasteiger partial charge in [0, 0.05) is 6.61 Å². The van der Waals surface area contributed by atoms with Gasteiger partial charge in [0.15, 0.2) is 0 Å². The maximum absolute atomic E-state index is 5.61. The van der Waals surface area contributed by atoms with Crippen LogP contribution >= 0.6 is 0 Å². The second kappa shape index (κ2) is 29.3. The molecule has 0 aromatic rings. The molecule has 6 heteroatoms. The first-order chi connectivity index (χ1) is 15.4. The summed E-state index contributed by atoms with van der Waals surface area (Å²) in [5.74, 6) is 2.41. The Morgan fingerprint density at radius 3 is 1.13 bits per heavy atom. The van der Waals surface area contributed by atoms with Crippen molar-refractivity contribution < 1.29 is 28.4 Å². The van der Waals surface area contributed by atoms with Gasteiger partial charge in [0.25, 0.3) is 0 Å². The molecular weight excluding hydrogens is 396 g/mol. The quantitative estimate of drug-likeness (QED) is 0.136. The van der Waals surface area contributed by atoms with Crippen LogP contribution in [0.15, 0.2) is 0 Å². The second-order valence-electron chi connectivity index (χ2n) is 7.50. The Morgan fingerprint density at radius 1 is 0.419 bits per heavy atom. The van der Waals surface area contributed by atoms with Crippen molar-refractivity contribution in [2.45, 2.75) is 71.1 Å². The Morgan fingerprint density at radius 2 is 0.742 bits per heavy atom. The zero-order chi connectivity index (χ0) is 22.5. The normalized spacial score (nSPS) is 11.1. The summed E-state index contributed by atoms with van der Waals surface area (Å²) >= 11 is 0. The van der Waals surface area contributed by atoms with Gasteiger partial charge in [-0.2, -0.15) is 0 Å². The van der Waals surface area contributed by atoms with E-state index in [1.165, 1.54) is 57.8 Å². The fraction of sp³-hybridized carbons (Fsp3) is 0.920. The zero-order valence-corrected chi connectivity index (χ0v) is 20.1. The predicted octanol–water partition coefficient (Wildman–Crippen LogP) is 4.64. The molecule has 0 aliphatic heterocycles. The SMILES string of the molecule is C#CCOCCOCCOCCOCCOCCOCCCCCCCCCCCC. The van der Waals surface area contributed by atoms with E-state index in [0.717, 1.165) is 13.0 Å². The van der Waals surface area contributed by atoms with Crippen LogP contribution in [0.3, 0.4) is 0 Å². The van der Waals surface area contributed by atoms with E-state index in [4.69, 9.17) is 34.8 Å². The Labute approximate surface area is 191 Å². The lowest BCUT2D eigenvalue weighted by Crippen LogP contribution is -2.14. The molecule has 31 heavy (non-hydrogen) atoms. The van der Waals surface area contributed by atoms with Gasteiger partial charge < -0.3 is 28.4 Å². The summed E-state index contributed by atoms with van der Waals surface area (Å²) in [4.78, 5) is 0. The summed E-state index contributed by atoms with van der Waals surface area (Å²) < 4.78 is 32.4. The molecule has 184 valence electrons. The highest BCUT2D eigenvalue weighted by molar-refractivity contribution is 4.82. The molecule has 0 unspecified atom stereocenters. The van der Waals surface area contributed by atoms with Crippen molar-refractivity contribution in [1.82, 2.24) is 0 Å². The Hall–Kier alpha value is -0.680. The van der Waals surface area contributed by atoms with E-state index in [2.05, 4.69) is 12.8 Å². The lowest BCUT2D eigenvalue weighted by atomic mass is 10.1. The van der Waals surface area contributed by atoms with E-state index in [0.29, 0.717) is 72.7 Å². The van der Waals surface area contributed by atoms with Gasteiger partial charge >= 0.3 is 0 Å². The lowest BCUT2D eigenvalue weighted by Gasteiger charge is -2.08. The second-order valence-corrected chi connectivity index (χ2v) is 7.50. The van der Waals surface area contributed by atoms with Crippen molar-refractivity contribution >= 4 is 0 Å². The largest absolute Gasteiger partial charge is 0.379 e. The standard InChI is InChI=1S/C25H48O6/c1-3-5-6-7-8-9-10-11-12-13-15-27-17-19-29-21-23-31-25-24-30-22-20-28-18-16-26-14-4-2/h2H,3,5-25H2,1H3. The van der Waals surface area contributed by atoms with Crippen LogP contribution in [-0.2, 0) is 28.4 Å². The minimum Gasteiger partial charge on any atom is -0.379 e. The number of rotatable bonds is 27. The highest BCUT2D eigenvalue weighted by Crippen LogP contribution is 2.10. The molecule has 0 bridgehead atoms. The van der Waals surface area contributed by atoms with Gasteiger partial charge in [0.05, 0.1) is 66.1 Å². The van der Waals surface area contributed by atoms with Gasteiger partial charge in [-0.25, -0.2) is 0 Å². The van der Waals surface area contributed by atoms with Crippen LogP contribution in [0.1, 0.15) is 71.1 Å². The third kappa shape index (κ3) is 29.3. The first kappa shape index (κ1) is 30.3. The van der Waals surface area contributed by atoms with Crippen LogP contribution in [0, 0.1) is 12.3 Å². The molecule has 0 spiro atoms. The summed E-state index contributed by atoms with van der Waals surface area (Å²) in [6.07, 6.45) is 18.6. The fourth-order valence-corrected chi connectivity index (χ4v) is 2.92. The number of hydrogen-bond donors (Lipinski definition) is 0. The topological polar surface area (TPSA) is 55.4 Å². The van der Waals surface area contributed by atoms with Gasteiger partial charge in [0.2, 0.25) is 0 Å². The van der Waals surface area contributed by atoms with Crippen molar-refractivity contribution in [3.8, 4) is 12.3 Å². The highest BCUT2D eigenvalue weighted by atomic mass is 16.6. The summed E-state index contributed by atoms with van der Waals surface area (Å²) in [6, 6.07) is 0. The molecule has 0 aromatic heterocycles. The van der Waals surface area contributed by atoms with Gasteiger partial charge in [-0.05, 0) is 6.42 Å². The number of hydrogen-bond acceptors (Lipinski definition) is 6. The molecule has 0 fully saturated rings. The third-order valence-corrected chi connectivity index (χ3v) is 4.69. The van der Waals surface area contributed by atoms with Crippen LogP contribution in [0.4, 0.5) is 0 Å². The smallest absolute Gasteiger partial charge is 0.107 e. The summed E-state index contributed by atoms with van der Waals surface area (Å²) in [6.45, 7) is 9.13. The monoisotopic (exact) mass is 444 g/mol. The van der Waals surface area contributed by atoms with E-state index in [-0.39, 0.29) is 0 Å². The maximum Gasteiger partial charge on any atom is 0.107 e. The Bertz CT molecular complexity index is 358. The van der Waals surface area contributed by atoms with Crippen molar-refractivity contribution in [2.24, 2.45) is 0 Å². The molecule has 0 saturated carbocycles. The molecule has 0 radical (unpaired) electrons. The average molecular weight is 445 g/mol. The molecule has 0 aromatic carbocycles. The molecule has 0 rings (SSSR count). The zero-order valence-electron chi connectivity index (χ0n) is 20.1. The first-order valence-corrected chi connectivity index (χ1v) is 12.3. The fourth-order valence-electron chi connectivity index (χ4n) is 2.92. The number of terminal acetylenes is 1. The van der Waals surface area contributed by atoms with Crippen molar-refractivity contribution in [2.75, 3.05) is 79.3 Å². The van der Waals surface area contributed by atoms with Gasteiger partial charge in [-0.15, -0.1) is 6.42 Å². The molecule has 0 aliphatic carbocycles. The van der Waals surface area contributed by atoms with E-state index >= 15 is 0 Å². The molecular formula is C25H48O6. The third-order valence-electron chi connectivity index (χ3n) is 4.69. The van der Waals surface area contributed by atoms with Gasteiger partial charge in [-0.3, -0.25) is 0 Å². The van der Waals surface area contributed by atoms with Crippen LogP contribution < -0.4 is 0 Å².